The molecule has 2 atom stereocenters. The zero-order valence-electron chi connectivity index (χ0n) is 11.3. The Morgan fingerprint density at radius 1 is 1.05 bits per heavy atom. The fraction of sp³-hybridized carbons (Fsp3) is 0.294. The van der Waals surface area contributed by atoms with Gasteiger partial charge in [-0.25, -0.2) is 0 Å². The van der Waals surface area contributed by atoms with Crippen LogP contribution in [0.4, 0.5) is 0 Å². The molecule has 1 saturated heterocycles. The maximum Gasteiger partial charge on any atom is 0.0964 e. The summed E-state index contributed by atoms with van der Waals surface area (Å²) >= 11 is 6.22. The fourth-order valence-corrected chi connectivity index (χ4v) is 2.85. The van der Waals surface area contributed by atoms with Gasteiger partial charge in [-0.15, -0.1) is 0 Å². The van der Waals surface area contributed by atoms with Gasteiger partial charge in [-0.2, -0.15) is 0 Å². The van der Waals surface area contributed by atoms with Crippen molar-refractivity contribution < 1.29 is 4.74 Å². The van der Waals surface area contributed by atoms with E-state index < -0.39 is 0 Å². The van der Waals surface area contributed by atoms with Gasteiger partial charge in [-0.1, -0.05) is 60.1 Å². The highest BCUT2D eigenvalue weighted by atomic mass is 35.5. The Hall–Kier alpha value is -1.35. The molecule has 0 bridgehead atoms. The Labute approximate surface area is 124 Å². The van der Waals surface area contributed by atoms with Crippen molar-refractivity contribution in [2.24, 2.45) is 0 Å². The minimum atomic E-state index is 0.0516. The first kappa shape index (κ1) is 13.6. The fourth-order valence-electron chi connectivity index (χ4n) is 2.59. The molecule has 0 radical (unpaired) electrons. The molecule has 2 unspecified atom stereocenters. The molecule has 1 aliphatic rings. The van der Waals surface area contributed by atoms with Crippen molar-refractivity contribution in [2.75, 3.05) is 13.2 Å². The minimum Gasteiger partial charge on any atom is -0.371 e. The average Bonchev–Trinajstić information content (AvgIpc) is 2.50. The first-order chi connectivity index (χ1) is 9.83. The van der Waals surface area contributed by atoms with Gasteiger partial charge in [0.05, 0.1) is 12.7 Å². The predicted octanol–water partition coefficient (Wildman–Crippen LogP) is 3.61. The molecule has 2 aromatic carbocycles. The minimum absolute atomic E-state index is 0.0516. The topological polar surface area (TPSA) is 21.3 Å². The number of halogens is 1. The molecule has 0 aliphatic carbocycles. The molecule has 0 spiro atoms. The second-order valence-corrected chi connectivity index (χ2v) is 5.55. The molecule has 1 fully saturated rings. The number of benzene rings is 2. The van der Waals surface area contributed by atoms with E-state index in [1.54, 1.807) is 0 Å². The van der Waals surface area contributed by atoms with Gasteiger partial charge in [0.1, 0.15) is 0 Å². The summed E-state index contributed by atoms with van der Waals surface area (Å²) in [6, 6.07) is 18.8. The van der Waals surface area contributed by atoms with Crippen LogP contribution in [-0.4, -0.2) is 19.2 Å². The highest BCUT2D eigenvalue weighted by Crippen LogP contribution is 2.27. The molecule has 0 amide bonds. The lowest BCUT2D eigenvalue weighted by atomic mass is 10.0. The molecular formula is C17H18ClNO. The maximum absolute atomic E-state index is 6.22. The lowest BCUT2D eigenvalue weighted by Gasteiger charge is -2.31. The van der Waals surface area contributed by atoms with Crippen LogP contribution in [0.5, 0.6) is 0 Å². The number of nitrogens with one attached hydrogen (secondary N) is 1. The van der Waals surface area contributed by atoms with Crippen LogP contribution < -0.4 is 5.32 Å². The van der Waals surface area contributed by atoms with E-state index in [1.807, 2.05) is 30.3 Å². The van der Waals surface area contributed by atoms with E-state index in [1.165, 1.54) is 5.56 Å². The molecular weight excluding hydrogens is 270 g/mol. The Kier molecular flexibility index (Phi) is 4.36. The smallest absolute Gasteiger partial charge is 0.0964 e. The number of hydrogen-bond acceptors (Lipinski definition) is 2. The van der Waals surface area contributed by atoms with Crippen molar-refractivity contribution in [1.29, 1.82) is 0 Å². The molecule has 0 saturated carbocycles. The summed E-state index contributed by atoms with van der Waals surface area (Å²) in [5.74, 6) is 0. The van der Waals surface area contributed by atoms with Crippen molar-refractivity contribution in [3.63, 3.8) is 0 Å². The Morgan fingerprint density at radius 2 is 1.80 bits per heavy atom. The van der Waals surface area contributed by atoms with Crippen molar-refractivity contribution in [1.82, 2.24) is 5.32 Å². The van der Waals surface area contributed by atoms with Gasteiger partial charge in [0.15, 0.2) is 0 Å². The van der Waals surface area contributed by atoms with Crippen molar-refractivity contribution in [3.8, 4) is 0 Å². The normalized spacial score (nSPS) is 22.6. The highest BCUT2D eigenvalue weighted by Gasteiger charge is 2.23. The summed E-state index contributed by atoms with van der Waals surface area (Å²) < 4.78 is 5.98. The molecule has 0 aromatic heterocycles. The summed E-state index contributed by atoms with van der Waals surface area (Å²) in [7, 11) is 0. The van der Waals surface area contributed by atoms with E-state index >= 15 is 0 Å². The second kappa shape index (κ2) is 6.40. The summed E-state index contributed by atoms with van der Waals surface area (Å²) in [6.45, 7) is 1.52. The standard InChI is InChI=1S/C17H18ClNO/c18-16-9-5-4-8-15(16)17-11-19-14(12-20-17)10-13-6-2-1-3-7-13/h1-9,14,17,19H,10-12H2. The number of ether oxygens (including phenoxy) is 1. The van der Waals surface area contributed by atoms with Crippen LogP contribution in [0.2, 0.25) is 5.02 Å². The summed E-state index contributed by atoms with van der Waals surface area (Å²) in [6.07, 6.45) is 1.05. The van der Waals surface area contributed by atoms with E-state index in [-0.39, 0.29) is 6.10 Å². The predicted molar refractivity (Wildman–Crippen MR) is 82.1 cm³/mol. The van der Waals surface area contributed by atoms with Crippen molar-refractivity contribution >= 4 is 11.6 Å². The highest BCUT2D eigenvalue weighted by molar-refractivity contribution is 6.31. The number of rotatable bonds is 3. The van der Waals surface area contributed by atoms with Gasteiger partial charge in [-0.05, 0) is 18.1 Å². The van der Waals surface area contributed by atoms with E-state index in [0.29, 0.717) is 12.6 Å². The summed E-state index contributed by atoms with van der Waals surface area (Å²) in [5.41, 5.74) is 2.41. The molecule has 1 aliphatic heterocycles. The van der Waals surface area contributed by atoms with Gasteiger partial charge < -0.3 is 10.1 Å². The summed E-state index contributed by atoms with van der Waals surface area (Å²) in [5, 5.41) is 4.34. The zero-order chi connectivity index (χ0) is 13.8. The monoisotopic (exact) mass is 287 g/mol. The molecule has 1 heterocycles. The van der Waals surface area contributed by atoms with E-state index in [2.05, 4.69) is 29.6 Å². The van der Waals surface area contributed by atoms with Gasteiger partial charge in [0.25, 0.3) is 0 Å². The lowest BCUT2D eigenvalue weighted by Crippen LogP contribution is -2.44. The number of morpholine rings is 1. The lowest BCUT2D eigenvalue weighted by molar-refractivity contribution is 0.00313. The van der Waals surface area contributed by atoms with E-state index in [0.717, 1.165) is 23.6 Å². The molecule has 3 heteroatoms. The molecule has 3 rings (SSSR count). The third-order valence-electron chi connectivity index (χ3n) is 3.67. The SMILES string of the molecule is Clc1ccccc1C1CNC(Cc2ccccc2)CO1. The van der Waals surface area contributed by atoms with Crippen LogP contribution in [0.15, 0.2) is 54.6 Å². The summed E-state index contributed by atoms with van der Waals surface area (Å²) in [4.78, 5) is 0. The molecule has 20 heavy (non-hydrogen) atoms. The van der Waals surface area contributed by atoms with Crippen LogP contribution >= 0.6 is 11.6 Å². The largest absolute Gasteiger partial charge is 0.371 e. The molecule has 2 aromatic rings. The quantitative estimate of drug-likeness (QED) is 0.931. The van der Waals surface area contributed by atoms with Crippen LogP contribution in [0.1, 0.15) is 17.2 Å². The Balaban J connectivity index is 1.59. The Bertz CT molecular complexity index is 550. The first-order valence-electron chi connectivity index (χ1n) is 6.96. The van der Waals surface area contributed by atoms with E-state index in [9.17, 15) is 0 Å². The average molecular weight is 288 g/mol. The van der Waals surface area contributed by atoms with Gasteiger partial charge >= 0.3 is 0 Å². The second-order valence-electron chi connectivity index (χ2n) is 5.14. The third kappa shape index (κ3) is 3.21. The van der Waals surface area contributed by atoms with Gasteiger partial charge in [-0.3, -0.25) is 0 Å². The first-order valence-corrected chi connectivity index (χ1v) is 7.34. The van der Waals surface area contributed by atoms with Crippen molar-refractivity contribution in [2.45, 2.75) is 18.6 Å². The maximum atomic E-state index is 6.22. The van der Waals surface area contributed by atoms with Gasteiger partial charge in [0, 0.05) is 23.2 Å². The Morgan fingerprint density at radius 3 is 2.50 bits per heavy atom. The molecule has 104 valence electrons. The van der Waals surface area contributed by atoms with Gasteiger partial charge in [0.2, 0.25) is 0 Å². The van der Waals surface area contributed by atoms with Crippen LogP contribution in [0, 0.1) is 0 Å². The number of hydrogen-bond donors (Lipinski definition) is 1. The molecule has 2 nitrogen and oxygen atoms in total. The van der Waals surface area contributed by atoms with Crippen molar-refractivity contribution in [3.05, 3.63) is 70.7 Å². The third-order valence-corrected chi connectivity index (χ3v) is 4.01. The van der Waals surface area contributed by atoms with Crippen LogP contribution in [0.25, 0.3) is 0 Å². The van der Waals surface area contributed by atoms with Crippen LogP contribution in [0.3, 0.4) is 0 Å². The van der Waals surface area contributed by atoms with E-state index in [4.69, 9.17) is 16.3 Å². The van der Waals surface area contributed by atoms with Crippen LogP contribution in [-0.2, 0) is 11.2 Å². The molecule has 1 N–H and O–H groups in total. The zero-order valence-corrected chi connectivity index (χ0v) is 12.0.